The second kappa shape index (κ2) is 8.14. The number of nitrogens with zero attached hydrogens (tertiary/aromatic N) is 1. The molecular weight excluding hydrogens is 434 g/mol. The topological polar surface area (TPSA) is 57.6 Å². The van der Waals surface area contributed by atoms with E-state index in [1.807, 2.05) is 54.6 Å². The van der Waals surface area contributed by atoms with E-state index in [4.69, 9.17) is 11.6 Å². The van der Waals surface area contributed by atoms with Gasteiger partial charge in [0.25, 0.3) is 5.91 Å². The van der Waals surface area contributed by atoms with E-state index >= 15 is 0 Å². The van der Waals surface area contributed by atoms with Crippen molar-refractivity contribution in [3.8, 4) is 0 Å². The fourth-order valence-corrected chi connectivity index (χ4v) is 4.82. The molecule has 0 bridgehead atoms. The van der Waals surface area contributed by atoms with Gasteiger partial charge in [0.1, 0.15) is 0 Å². The SMILES string of the molecule is C[C@@H](C(=O)c1ccc(Cl)cc1)[C@]1(O)C(=O)N(Cc2cccc3ccccc23)c2ccccc21. The van der Waals surface area contributed by atoms with E-state index in [2.05, 4.69) is 0 Å². The lowest BCUT2D eigenvalue weighted by Gasteiger charge is -2.28. The Morgan fingerprint density at radius 3 is 2.39 bits per heavy atom. The van der Waals surface area contributed by atoms with Crippen LogP contribution < -0.4 is 4.90 Å². The molecule has 0 saturated carbocycles. The second-order valence-corrected chi connectivity index (χ2v) is 8.84. The number of carbonyl (C=O) groups excluding carboxylic acids is 2. The first-order valence-electron chi connectivity index (χ1n) is 10.8. The molecule has 5 rings (SSSR count). The fraction of sp³-hybridized carbons (Fsp3) is 0.143. The third kappa shape index (κ3) is 3.43. The number of para-hydroxylation sites is 1. The fourth-order valence-electron chi connectivity index (χ4n) is 4.69. The molecule has 2 atom stereocenters. The van der Waals surface area contributed by atoms with Gasteiger partial charge in [0.2, 0.25) is 0 Å². The average Bonchev–Trinajstić information content (AvgIpc) is 3.06. The van der Waals surface area contributed by atoms with Crippen LogP contribution in [0.1, 0.15) is 28.4 Å². The number of aliphatic hydroxyl groups is 1. The molecule has 0 unspecified atom stereocenters. The maximum absolute atomic E-state index is 13.8. The van der Waals surface area contributed by atoms with E-state index in [1.165, 1.54) is 0 Å². The minimum absolute atomic E-state index is 0.293. The van der Waals surface area contributed by atoms with Gasteiger partial charge in [-0.2, -0.15) is 0 Å². The Hall–Kier alpha value is -3.47. The first kappa shape index (κ1) is 21.4. The van der Waals surface area contributed by atoms with E-state index in [0.29, 0.717) is 28.4 Å². The van der Waals surface area contributed by atoms with Gasteiger partial charge < -0.3 is 10.0 Å². The quantitative estimate of drug-likeness (QED) is 0.390. The molecule has 4 aromatic rings. The van der Waals surface area contributed by atoms with Crippen molar-refractivity contribution in [3.05, 3.63) is 113 Å². The Morgan fingerprint density at radius 2 is 1.61 bits per heavy atom. The van der Waals surface area contributed by atoms with E-state index in [0.717, 1.165) is 16.3 Å². The number of anilines is 1. The standard InChI is InChI=1S/C28H22ClNO3/c1-18(26(31)20-13-15-22(29)16-14-20)28(33)24-11-4-5-12-25(24)30(27(28)32)17-21-9-6-8-19-7-2-3-10-23(19)21/h2-16,18,33H,17H2,1H3/t18-,28+/m0/s1. The summed E-state index contributed by atoms with van der Waals surface area (Å²) in [5.41, 5.74) is 0.479. The summed E-state index contributed by atoms with van der Waals surface area (Å²) in [5.74, 6) is -1.79. The molecule has 0 aromatic heterocycles. The zero-order chi connectivity index (χ0) is 23.2. The predicted octanol–water partition coefficient (Wildman–Crippen LogP) is 5.75. The minimum Gasteiger partial charge on any atom is -0.375 e. The Kier molecular flexibility index (Phi) is 5.28. The van der Waals surface area contributed by atoms with E-state index in [-0.39, 0.29) is 5.78 Å². The maximum atomic E-state index is 13.8. The Labute approximate surface area is 197 Å². The Balaban J connectivity index is 1.55. The summed E-state index contributed by atoms with van der Waals surface area (Å²) in [4.78, 5) is 28.6. The molecule has 0 saturated heterocycles. The number of carbonyl (C=O) groups is 2. The molecule has 1 aliphatic heterocycles. The number of Topliss-reactive ketones (excluding diaryl/α,β-unsaturated/α-hetero) is 1. The molecule has 0 fully saturated rings. The van der Waals surface area contributed by atoms with Gasteiger partial charge in [-0.3, -0.25) is 9.59 Å². The summed E-state index contributed by atoms with van der Waals surface area (Å²) < 4.78 is 0. The van der Waals surface area contributed by atoms with Gasteiger partial charge in [-0.25, -0.2) is 0 Å². The van der Waals surface area contributed by atoms with Crippen LogP contribution in [-0.2, 0) is 16.9 Å². The molecular formula is C28H22ClNO3. The van der Waals surface area contributed by atoms with E-state index in [9.17, 15) is 14.7 Å². The number of fused-ring (bicyclic) bond motifs is 2. The summed E-state index contributed by atoms with van der Waals surface area (Å²) in [6, 6.07) is 27.6. The monoisotopic (exact) mass is 455 g/mol. The number of amides is 1. The van der Waals surface area contributed by atoms with Crippen molar-refractivity contribution >= 4 is 39.8 Å². The lowest BCUT2D eigenvalue weighted by molar-refractivity contribution is -0.139. The Bertz CT molecular complexity index is 1380. The van der Waals surface area contributed by atoms with Gasteiger partial charge >= 0.3 is 0 Å². The molecule has 4 aromatic carbocycles. The molecule has 4 nitrogen and oxygen atoms in total. The highest BCUT2D eigenvalue weighted by atomic mass is 35.5. The van der Waals surface area contributed by atoms with Crippen LogP contribution in [0.25, 0.3) is 10.8 Å². The molecule has 1 aliphatic rings. The largest absolute Gasteiger partial charge is 0.375 e. The zero-order valence-electron chi connectivity index (χ0n) is 18.0. The molecule has 1 amide bonds. The van der Waals surface area contributed by atoms with Crippen LogP contribution in [0.2, 0.25) is 5.02 Å². The van der Waals surface area contributed by atoms with Crippen LogP contribution >= 0.6 is 11.6 Å². The molecule has 1 N–H and O–H groups in total. The molecule has 0 spiro atoms. The maximum Gasteiger partial charge on any atom is 0.264 e. The third-order valence-electron chi connectivity index (χ3n) is 6.53. The van der Waals surface area contributed by atoms with Crippen molar-refractivity contribution < 1.29 is 14.7 Å². The molecule has 33 heavy (non-hydrogen) atoms. The van der Waals surface area contributed by atoms with Crippen LogP contribution in [0.15, 0.2) is 91.0 Å². The van der Waals surface area contributed by atoms with Crippen molar-refractivity contribution in [2.24, 2.45) is 5.92 Å². The van der Waals surface area contributed by atoms with Crippen LogP contribution in [0.5, 0.6) is 0 Å². The number of hydrogen-bond acceptors (Lipinski definition) is 3. The van der Waals surface area contributed by atoms with Crippen molar-refractivity contribution in [2.75, 3.05) is 4.90 Å². The number of hydrogen-bond donors (Lipinski definition) is 1. The summed E-state index contributed by atoms with van der Waals surface area (Å²) in [5, 5.41) is 14.4. The number of halogens is 1. The predicted molar refractivity (Wildman–Crippen MR) is 130 cm³/mol. The van der Waals surface area contributed by atoms with E-state index < -0.39 is 17.4 Å². The molecule has 5 heteroatoms. The summed E-state index contributed by atoms with van der Waals surface area (Å²) in [6.07, 6.45) is 0. The van der Waals surface area contributed by atoms with Crippen LogP contribution in [0.4, 0.5) is 5.69 Å². The van der Waals surface area contributed by atoms with Gasteiger partial charge in [-0.1, -0.05) is 79.2 Å². The van der Waals surface area contributed by atoms with Gasteiger partial charge in [-0.15, -0.1) is 0 Å². The van der Waals surface area contributed by atoms with Crippen molar-refractivity contribution in [1.29, 1.82) is 0 Å². The third-order valence-corrected chi connectivity index (χ3v) is 6.79. The minimum atomic E-state index is -1.96. The van der Waals surface area contributed by atoms with Crippen LogP contribution in [-0.4, -0.2) is 16.8 Å². The lowest BCUT2D eigenvalue weighted by atomic mass is 9.79. The van der Waals surface area contributed by atoms with Crippen LogP contribution in [0, 0.1) is 5.92 Å². The van der Waals surface area contributed by atoms with Crippen molar-refractivity contribution in [2.45, 2.75) is 19.1 Å². The number of rotatable bonds is 5. The van der Waals surface area contributed by atoms with Crippen molar-refractivity contribution in [1.82, 2.24) is 0 Å². The first-order valence-corrected chi connectivity index (χ1v) is 11.2. The lowest BCUT2D eigenvalue weighted by Crippen LogP contribution is -2.47. The Morgan fingerprint density at radius 1 is 0.939 bits per heavy atom. The summed E-state index contributed by atoms with van der Waals surface area (Å²) in [6.45, 7) is 1.90. The van der Waals surface area contributed by atoms with Gasteiger partial charge in [0.15, 0.2) is 11.4 Å². The molecule has 0 radical (unpaired) electrons. The highest BCUT2D eigenvalue weighted by Gasteiger charge is 2.55. The van der Waals surface area contributed by atoms with Gasteiger partial charge in [0, 0.05) is 16.1 Å². The highest BCUT2D eigenvalue weighted by molar-refractivity contribution is 6.30. The number of benzene rings is 4. The normalized spacial score (nSPS) is 18.4. The zero-order valence-corrected chi connectivity index (χ0v) is 18.8. The first-order chi connectivity index (χ1) is 15.9. The summed E-state index contributed by atoms with van der Waals surface area (Å²) >= 11 is 5.96. The number of ketones is 1. The molecule has 164 valence electrons. The average molecular weight is 456 g/mol. The van der Waals surface area contributed by atoms with Crippen LogP contribution in [0.3, 0.4) is 0 Å². The smallest absolute Gasteiger partial charge is 0.264 e. The van der Waals surface area contributed by atoms with Gasteiger partial charge in [-0.05, 0) is 46.7 Å². The second-order valence-electron chi connectivity index (χ2n) is 8.41. The molecule has 0 aliphatic carbocycles. The van der Waals surface area contributed by atoms with Crippen molar-refractivity contribution in [3.63, 3.8) is 0 Å². The molecule has 1 heterocycles. The highest BCUT2D eigenvalue weighted by Crippen LogP contribution is 2.46. The van der Waals surface area contributed by atoms with E-state index in [1.54, 1.807) is 48.2 Å². The van der Waals surface area contributed by atoms with Gasteiger partial charge in [0.05, 0.1) is 18.2 Å². The summed E-state index contributed by atoms with van der Waals surface area (Å²) in [7, 11) is 0.